The predicted molar refractivity (Wildman–Crippen MR) is 51.7 cm³/mol. The Morgan fingerprint density at radius 3 is 2.86 bits per heavy atom. The number of benzene rings is 1. The van der Waals surface area contributed by atoms with Gasteiger partial charge in [0.05, 0.1) is 12.2 Å². The zero-order chi connectivity index (χ0) is 10.6. The molecular weight excluding hydrogens is 209 g/mol. The summed E-state index contributed by atoms with van der Waals surface area (Å²) in [6, 6.07) is 4.13. The van der Waals surface area contributed by atoms with Crippen LogP contribution in [-0.4, -0.2) is 17.0 Å². The van der Waals surface area contributed by atoms with E-state index < -0.39 is 5.82 Å². The summed E-state index contributed by atoms with van der Waals surface area (Å²) >= 11 is 5.44. The van der Waals surface area contributed by atoms with E-state index in [1.165, 1.54) is 12.1 Å². The van der Waals surface area contributed by atoms with Crippen LogP contribution in [0.15, 0.2) is 23.4 Å². The molecule has 0 amide bonds. The monoisotopic (exact) mass is 217 g/mol. The number of oxime groups is 1. The third-order valence-corrected chi connectivity index (χ3v) is 1.84. The molecule has 0 radical (unpaired) electrons. The molecule has 1 rings (SSSR count). The highest BCUT2D eigenvalue weighted by Gasteiger charge is 2.08. The third kappa shape index (κ3) is 2.35. The average Bonchev–Trinajstić information content (AvgIpc) is 2.17. The Kier molecular flexibility index (Phi) is 3.71. The molecule has 76 valence electrons. The van der Waals surface area contributed by atoms with E-state index >= 15 is 0 Å². The summed E-state index contributed by atoms with van der Waals surface area (Å²) in [5.41, 5.74) is 0.0395. The number of hydrogen-bond acceptors (Lipinski definition) is 3. The molecule has 0 bridgehead atoms. The minimum absolute atomic E-state index is 0.0395. The first-order valence-electron chi connectivity index (χ1n) is 3.99. The molecular formula is C9H9ClFNO2. The van der Waals surface area contributed by atoms with Crippen molar-refractivity contribution in [2.24, 2.45) is 5.16 Å². The van der Waals surface area contributed by atoms with Gasteiger partial charge in [-0.1, -0.05) is 16.8 Å². The van der Waals surface area contributed by atoms with Crippen molar-refractivity contribution in [3.8, 4) is 5.75 Å². The Balaban J connectivity index is 3.01. The van der Waals surface area contributed by atoms with Crippen molar-refractivity contribution in [3.63, 3.8) is 0 Å². The predicted octanol–water partition coefficient (Wildman–Crippen LogP) is 2.60. The van der Waals surface area contributed by atoms with Gasteiger partial charge in [0.1, 0.15) is 11.6 Å². The van der Waals surface area contributed by atoms with Crippen molar-refractivity contribution >= 4 is 16.8 Å². The van der Waals surface area contributed by atoms with Crippen LogP contribution >= 0.6 is 11.6 Å². The lowest BCUT2D eigenvalue weighted by molar-refractivity contribution is 0.320. The van der Waals surface area contributed by atoms with Crippen LogP contribution in [0.3, 0.4) is 0 Å². The zero-order valence-corrected chi connectivity index (χ0v) is 8.25. The molecule has 0 spiro atoms. The van der Waals surface area contributed by atoms with Crippen molar-refractivity contribution in [1.82, 2.24) is 0 Å². The first kappa shape index (κ1) is 10.8. The maximum atomic E-state index is 13.3. The van der Waals surface area contributed by atoms with Crippen LogP contribution in [0.1, 0.15) is 12.5 Å². The summed E-state index contributed by atoms with van der Waals surface area (Å²) in [6.07, 6.45) is 0. The first-order valence-corrected chi connectivity index (χ1v) is 4.37. The molecule has 0 atom stereocenters. The fourth-order valence-electron chi connectivity index (χ4n) is 0.973. The molecule has 0 unspecified atom stereocenters. The van der Waals surface area contributed by atoms with Crippen molar-refractivity contribution in [2.45, 2.75) is 6.92 Å². The molecule has 5 heteroatoms. The van der Waals surface area contributed by atoms with Crippen LogP contribution in [0.2, 0.25) is 0 Å². The molecule has 0 fully saturated rings. The van der Waals surface area contributed by atoms with E-state index in [-0.39, 0.29) is 10.7 Å². The second-order valence-electron chi connectivity index (χ2n) is 2.47. The average molecular weight is 218 g/mol. The van der Waals surface area contributed by atoms with E-state index in [9.17, 15) is 4.39 Å². The summed E-state index contributed by atoms with van der Waals surface area (Å²) < 4.78 is 18.3. The Hall–Kier alpha value is -1.29. The molecule has 1 N–H and O–H groups in total. The highest BCUT2D eigenvalue weighted by molar-refractivity contribution is 6.69. The lowest BCUT2D eigenvalue weighted by Crippen LogP contribution is -1.98. The molecule has 0 saturated heterocycles. The van der Waals surface area contributed by atoms with Gasteiger partial charge in [-0.2, -0.15) is 0 Å². The number of rotatable bonds is 3. The number of hydrogen-bond donors (Lipinski definition) is 1. The van der Waals surface area contributed by atoms with E-state index in [2.05, 4.69) is 5.16 Å². The highest BCUT2D eigenvalue weighted by atomic mass is 35.5. The molecule has 0 aliphatic heterocycles. The molecule has 0 aromatic heterocycles. The minimum atomic E-state index is -0.584. The summed E-state index contributed by atoms with van der Waals surface area (Å²) in [5, 5.41) is 10.8. The summed E-state index contributed by atoms with van der Waals surface area (Å²) in [5.74, 6) is -0.171. The van der Waals surface area contributed by atoms with Gasteiger partial charge in [0.25, 0.3) is 0 Å². The molecule has 0 aliphatic rings. The highest BCUT2D eigenvalue weighted by Crippen LogP contribution is 2.18. The number of nitrogens with zero attached hydrogens (tertiary/aromatic N) is 1. The molecule has 0 heterocycles. The number of ether oxygens (including phenoxy) is 1. The van der Waals surface area contributed by atoms with Gasteiger partial charge < -0.3 is 9.94 Å². The zero-order valence-electron chi connectivity index (χ0n) is 7.50. The van der Waals surface area contributed by atoms with Gasteiger partial charge in [0, 0.05) is 6.07 Å². The second-order valence-corrected chi connectivity index (χ2v) is 2.82. The van der Waals surface area contributed by atoms with Gasteiger partial charge in [-0.25, -0.2) is 4.39 Å². The maximum Gasteiger partial charge on any atom is 0.178 e. The van der Waals surface area contributed by atoms with Crippen LogP contribution in [0.4, 0.5) is 4.39 Å². The fourth-order valence-corrected chi connectivity index (χ4v) is 1.13. The topological polar surface area (TPSA) is 41.8 Å². The van der Waals surface area contributed by atoms with Crippen molar-refractivity contribution in [3.05, 3.63) is 29.6 Å². The van der Waals surface area contributed by atoms with Crippen LogP contribution in [0.5, 0.6) is 5.75 Å². The largest absolute Gasteiger partial charge is 0.494 e. The Morgan fingerprint density at radius 2 is 2.36 bits per heavy atom. The molecule has 0 aliphatic carbocycles. The minimum Gasteiger partial charge on any atom is -0.494 e. The Morgan fingerprint density at radius 1 is 1.64 bits per heavy atom. The smallest absolute Gasteiger partial charge is 0.178 e. The van der Waals surface area contributed by atoms with Gasteiger partial charge in [-0.05, 0) is 19.1 Å². The Labute approximate surface area is 85.8 Å². The standard InChI is InChI=1S/C9H9ClFNO2/c1-2-14-6-3-4-7(8(11)5-6)9(10)12-13/h3-5,13H,2H2,1H3/b12-9-. The van der Waals surface area contributed by atoms with Crippen LogP contribution in [0.25, 0.3) is 0 Å². The first-order chi connectivity index (χ1) is 6.69. The molecule has 14 heavy (non-hydrogen) atoms. The van der Waals surface area contributed by atoms with Gasteiger partial charge in [-0.3, -0.25) is 0 Å². The van der Waals surface area contributed by atoms with E-state index in [0.29, 0.717) is 12.4 Å². The van der Waals surface area contributed by atoms with E-state index in [0.717, 1.165) is 0 Å². The van der Waals surface area contributed by atoms with E-state index in [1.807, 2.05) is 0 Å². The molecule has 3 nitrogen and oxygen atoms in total. The van der Waals surface area contributed by atoms with Crippen molar-refractivity contribution < 1.29 is 14.3 Å². The van der Waals surface area contributed by atoms with Crippen molar-refractivity contribution in [2.75, 3.05) is 6.61 Å². The normalized spacial score (nSPS) is 11.5. The second kappa shape index (κ2) is 4.81. The number of halogens is 2. The van der Waals surface area contributed by atoms with Crippen LogP contribution in [0, 0.1) is 5.82 Å². The lowest BCUT2D eigenvalue weighted by atomic mass is 10.2. The maximum absolute atomic E-state index is 13.3. The van der Waals surface area contributed by atoms with Crippen LogP contribution in [-0.2, 0) is 0 Å². The van der Waals surface area contributed by atoms with Crippen LogP contribution < -0.4 is 4.74 Å². The van der Waals surface area contributed by atoms with Gasteiger partial charge in [0.2, 0.25) is 0 Å². The lowest BCUT2D eigenvalue weighted by Gasteiger charge is -2.04. The quantitative estimate of drug-likeness (QED) is 0.480. The van der Waals surface area contributed by atoms with E-state index in [4.69, 9.17) is 21.5 Å². The third-order valence-electron chi connectivity index (χ3n) is 1.56. The molecule has 1 aromatic carbocycles. The Bertz CT molecular complexity index is 355. The molecule has 0 saturated carbocycles. The molecule has 1 aromatic rings. The summed E-state index contributed by atoms with van der Waals surface area (Å²) in [7, 11) is 0. The van der Waals surface area contributed by atoms with Gasteiger partial charge >= 0.3 is 0 Å². The van der Waals surface area contributed by atoms with E-state index in [1.54, 1.807) is 13.0 Å². The van der Waals surface area contributed by atoms with Gasteiger partial charge in [-0.15, -0.1) is 0 Å². The summed E-state index contributed by atoms with van der Waals surface area (Å²) in [6.45, 7) is 2.26. The summed E-state index contributed by atoms with van der Waals surface area (Å²) in [4.78, 5) is 0. The SMILES string of the molecule is CCOc1ccc(/C(Cl)=N/O)c(F)c1. The fraction of sp³-hybridized carbons (Fsp3) is 0.222. The van der Waals surface area contributed by atoms with Gasteiger partial charge in [0.15, 0.2) is 5.17 Å². The van der Waals surface area contributed by atoms with Crippen molar-refractivity contribution in [1.29, 1.82) is 0 Å².